The van der Waals surface area contributed by atoms with Crippen LogP contribution in [-0.4, -0.2) is 60.1 Å². The lowest BCUT2D eigenvalue weighted by Crippen LogP contribution is -2.49. The van der Waals surface area contributed by atoms with Crippen LogP contribution in [0.5, 0.6) is 0 Å². The summed E-state index contributed by atoms with van der Waals surface area (Å²) < 4.78 is 17.5. The molecule has 2 N–H and O–H groups in total. The number of hydrogen-bond acceptors (Lipinski definition) is 5. The van der Waals surface area contributed by atoms with Gasteiger partial charge in [-0.05, 0) is 38.2 Å². The van der Waals surface area contributed by atoms with Crippen molar-refractivity contribution in [2.75, 3.05) is 26.9 Å². The summed E-state index contributed by atoms with van der Waals surface area (Å²) >= 11 is 0. The summed E-state index contributed by atoms with van der Waals surface area (Å²) in [6, 6.07) is 1.92. The lowest BCUT2D eigenvalue weighted by molar-refractivity contribution is 0.00617. The summed E-state index contributed by atoms with van der Waals surface area (Å²) in [6.07, 6.45) is 1.14. The Labute approximate surface area is 125 Å². The molecular formula is C13H32O5Si2. The Hall–Kier alpha value is 0.234. The van der Waals surface area contributed by atoms with E-state index in [0.717, 1.165) is 24.9 Å². The second-order valence-electron chi connectivity index (χ2n) is 6.09. The van der Waals surface area contributed by atoms with Crippen LogP contribution in [0.2, 0.25) is 31.7 Å². The SMILES string of the molecule is CCC[Si](CCCOCC(O)CO)(OC)O[Si](C)(C)C. The molecule has 122 valence electrons. The van der Waals surface area contributed by atoms with E-state index in [9.17, 15) is 5.11 Å². The predicted molar refractivity (Wildman–Crippen MR) is 85.6 cm³/mol. The smallest absolute Gasteiger partial charge is 0.327 e. The molecule has 2 atom stereocenters. The Balaban J connectivity index is 4.23. The third-order valence-corrected chi connectivity index (χ3v) is 9.92. The average Bonchev–Trinajstić information content (AvgIpc) is 2.36. The van der Waals surface area contributed by atoms with Gasteiger partial charge in [0.05, 0.1) is 13.2 Å². The van der Waals surface area contributed by atoms with Crippen molar-refractivity contribution in [2.45, 2.75) is 57.6 Å². The Morgan fingerprint density at radius 1 is 1.15 bits per heavy atom. The van der Waals surface area contributed by atoms with Crippen LogP contribution in [0.15, 0.2) is 0 Å². The van der Waals surface area contributed by atoms with E-state index in [1.807, 2.05) is 0 Å². The van der Waals surface area contributed by atoms with E-state index in [4.69, 9.17) is 18.4 Å². The van der Waals surface area contributed by atoms with Gasteiger partial charge in [-0.25, -0.2) is 0 Å². The zero-order valence-electron chi connectivity index (χ0n) is 13.6. The molecule has 0 aromatic rings. The molecule has 0 bridgehead atoms. The second kappa shape index (κ2) is 10.0. The molecule has 0 spiro atoms. The summed E-state index contributed by atoms with van der Waals surface area (Å²) in [7, 11) is -1.98. The predicted octanol–water partition coefficient (Wildman–Crippen LogP) is 2.10. The first kappa shape index (κ1) is 20.2. The molecule has 0 saturated heterocycles. The van der Waals surface area contributed by atoms with Crippen molar-refractivity contribution < 1.29 is 23.5 Å². The number of hydrogen-bond donors (Lipinski definition) is 2. The molecule has 0 aromatic heterocycles. The van der Waals surface area contributed by atoms with Gasteiger partial charge in [0, 0.05) is 13.7 Å². The maximum atomic E-state index is 9.19. The monoisotopic (exact) mass is 324 g/mol. The maximum absolute atomic E-state index is 9.19. The molecule has 20 heavy (non-hydrogen) atoms. The molecule has 0 aliphatic carbocycles. The maximum Gasteiger partial charge on any atom is 0.327 e. The van der Waals surface area contributed by atoms with Gasteiger partial charge in [-0.15, -0.1) is 0 Å². The first-order valence-electron chi connectivity index (χ1n) is 7.40. The summed E-state index contributed by atoms with van der Waals surface area (Å²) in [6.45, 7) is 9.22. The second-order valence-corrected chi connectivity index (χ2v) is 14.4. The van der Waals surface area contributed by atoms with Crippen molar-refractivity contribution in [3.05, 3.63) is 0 Å². The van der Waals surface area contributed by atoms with Gasteiger partial charge in [0.15, 0.2) is 8.32 Å². The molecule has 0 saturated carbocycles. The largest absolute Gasteiger partial charge is 0.436 e. The molecule has 0 rings (SSSR count). The minimum Gasteiger partial charge on any atom is -0.436 e. The number of aliphatic hydroxyl groups excluding tert-OH is 2. The van der Waals surface area contributed by atoms with Gasteiger partial charge in [0.25, 0.3) is 0 Å². The van der Waals surface area contributed by atoms with Crippen molar-refractivity contribution >= 4 is 16.9 Å². The standard InChI is InChI=1S/C13H32O5Si2/c1-6-9-20(16-2,18-19(3,4)5)10-7-8-17-12-13(15)11-14/h13-15H,6-12H2,1-5H3. The molecule has 2 unspecified atom stereocenters. The first-order chi connectivity index (χ1) is 9.28. The van der Waals surface area contributed by atoms with Crippen LogP contribution in [0.25, 0.3) is 0 Å². The van der Waals surface area contributed by atoms with Crippen LogP contribution in [0, 0.1) is 0 Å². The van der Waals surface area contributed by atoms with Gasteiger partial charge in [0.2, 0.25) is 0 Å². The summed E-state index contributed by atoms with van der Waals surface area (Å²) in [5.74, 6) is 0. The van der Waals surface area contributed by atoms with Gasteiger partial charge in [0.1, 0.15) is 6.10 Å². The van der Waals surface area contributed by atoms with Crippen molar-refractivity contribution in [1.29, 1.82) is 0 Å². The molecule has 0 heterocycles. The van der Waals surface area contributed by atoms with Gasteiger partial charge >= 0.3 is 8.56 Å². The van der Waals surface area contributed by atoms with E-state index in [-0.39, 0.29) is 13.2 Å². The number of ether oxygens (including phenoxy) is 1. The number of aliphatic hydroxyl groups is 2. The molecule has 0 aromatic carbocycles. The fourth-order valence-electron chi connectivity index (χ4n) is 2.13. The fraction of sp³-hybridized carbons (Fsp3) is 1.00. The zero-order valence-corrected chi connectivity index (χ0v) is 15.6. The summed E-state index contributed by atoms with van der Waals surface area (Å²) in [5.41, 5.74) is 0. The van der Waals surface area contributed by atoms with Crippen molar-refractivity contribution in [3.63, 3.8) is 0 Å². The Kier molecular flexibility index (Phi) is 10.2. The van der Waals surface area contributed by atoms with Crippen molar-refractivity contribution in [1.82, 2.24) is 0 Å². The third kappa shape index (κ3) is 9.22. The molecule has 5 nitrogen and oxygen atoms in total. The van der Waals surface area contributed by atoms with E-state index in [2.05, 4.69) is 26.6 Å². The quantitative estimate of drug-likeness (QED) is 0.425. The van der Waals surface area contributed by atoms with Crippen molar-refractivity contribution in [3.8, 4) is 0 Å². The topological polar surface area (TPSA) is 68.2 Å². The Morgan fingerprint density at radius 2 is 1.80 bits per heavy atom. The van der Waals surface area contributed by atoms with E-state index < -0.39 is 23.0 Å². The van der Waals surface area contributed by atoms with Gasteiger partial charge < -0.3 is 23.5 Å². The third-order valence-electron chi connectivity index (χ3n) is 2.86. The molecular weight excluding hydrogens is 292 g/mol. The highest BCUT2D eigenvalue weighted by molar-refractivity contribution is 6.82. The number of rotatable bonds is 12. The molecule has 0 fully saturated rings. The normalized spacial score (nSPS) is 16.9. The Morgan fingerprint density at radius 3 is 2.25 bits per heavy atom. The molecule has 0 radical (unpaired) electrons. The lowest BCUT2D eigenvalue weighted by Gasteiger charge is -2.35. The highest BCUT2D eigenvalue weighted by Crippen LogP contribution is 2.26. The molecule has 0 amide bonds. The van der Waals surface area contributed by atoms with Gasteiger partial charge in [-0.2, -0.15) is 0 Å². The van der Waals surface area contributed by atoms with E-state index in [1.165, 1.54) is 0 Å². The van der Waals surface area contributed by atoms with E-state index in [0.29, 0.717) is 6.61 Å². The minimum absolute atomic E-state index is 0.181. The van der Waals surface area contributed by atoms with Crippen molar-refractivity contribution in [2.24, 2.45) is 0 Å². The highest BCUT2D eigenvalue weighted by atomic mass is 28.4. The molecule has 7 heteroatoms. The summed E-state index contributed by atoms with van der Waals surface area (Å²) in [4.78, 5) is 0. The first-order valence-corrected chi connectivity index (χ1v) is 13.0. The highest BCUT2D eigenvalue weighted by Gasteiger charge is 2.39. The van der Waals surface area contributed by atoms with Crippen LogP contribution in [0.3, 0.4) is 0 Å². The Bertz CT molecular complexity index is 247. The van der Waals surface area contributed by atoms with E-state index in [1.54, 1.807) is 7.11 Å². The zero-order chi connectivity index (χ0) is 15.6. The fourth-order valence-corrected chi connectivity index (χ4v) is 9.84. The van der Waals surface area contributed by atoms with Gasteiger partial charge in [-0.1, -0.05) is 13.3 Å². The van der Waals surface area contributed by atoms with Crippen LogP contribution in [0.4, 0.5) is 0 Å². The van der Waals surface area contributed by atoms with E-state index >= 15 is 0 Å². The summed E-state index contributed by atoms with van der Waals surface area (Å²) in [5, 5.41) is 17.9. The van der Waals surface area contributed by atoms with Gasteiger partial charge in [-0.3, -0.25) is 0 Å². The molecule has 0 aliphatic heterocycles. The minimum atomic E-state index is -2.12. The molecule has 0 aliphatic rings. The van der Waals surface area contributed by atoms with Crippen LogP contribution in [0.1, 0.15) is 19.8 Å². The van der Waals surface area contributed by atoms with Crippen LogP contribution >= 0.6 is 0 Å². The lowest BCUT2D eigenvalue weighted by atomic mass is 10.4. The van der Waals surface area contributed by atoms with Crippen LogP contribution in [-0.2, 0) is 13.3 Å². The average molecular weight is 325 g/mol. The van der Waals surface area contributed by atoms with Crippen LogP contribution < -0.4 is 0 Å².